The molecule has 1 unspecified atom stereocenters. The van der Waals surface area contributed by atoms with Crippen molar-refractivity contribution in [1.82, 2.24) is 20.1 Å². The fourth-order valence-electron chi connectivity index (χ4n) is 4.61. The van der Waals surface area contributed by atoms with Crippen LogP contribution < -0.4 is 10.6 Å². The second-order valence-corrected chi connectivity index (χ2v) is 9.03. The number of para-hydroxylation sites is 1. The van der Waals surface area contributed by atoms with Crippen molar-refractivity contribution in [2.75, 3.05) is 38.5 Å². The van der Waals surface area contributed by atoms with Gasteiger partial charge in [-0.1, -0.05) is 48.5 Å². The van der Waals surface area contributed by atoms with Gasteiger partial charge in [0, 0.05) is 44.3 Å². The molecule has 0 saturated carbocycles. The summed E-state index contributed by atoms with van der Waals surface area (Å²) >= 11 is 0. The van der Waals surface area contributed by atoms with Crippen LogP contribution in [0.3, 0.4) is 0 Å². The summed E-state index contributed by atoms with van der Waals surface area (Å²) in [5.41, 5.74) is 3.61. The lowest BCUT2D eigenvalue weighted by Gasteiger charge is -2.34. The Morgan fingerprint density at radius 1 is 1.12 bits per heavy atom. The molecule has 1 aliphatic rings. The summed E-state index contributed by atoms with van der Waals surface area (Å²) < 4.78 is 0. The Balaban J connectivity index is 1.25. The van der Waals surface area contributed by atoms with E-state index in [9.17, 15) is 9.59 Å². The predicted molar refractivity (Wildman–Crippen MR) is 136 cm³/mol. The van der Waals surface area contributed by atoms with Gasteiger partial charge in [0.1, 0.15) is 0 Å². The largest absolute Gasteiger partial charge is 0.341 e. The van der Waals surface area contributed by atoms with Gasteiger partial charge in [0.25, 0.3) is 0 Å². The van der Waals surface area contributed by atoms with E-state index in [-0.39, 0.29) is 17.9 Å². The van der Waals surface area contributed by atoms with Crippen LogP contribution in [0.15, 0.2) is 60.7 Å². The summed E-state index contributed by atoms with van der Waals surface area (Å²) in [5.74, 6) is 0.196. The van der Waals surface area contributed by atoms with Crippen LogP contribution in [0.4, 0.5) is 10.5 Å². The van der Waals surface area contributed by atoms with E-state index in [2.05, 4.69) is 20.5 Å². The lowest BCUT2D eigenvalue weighted by Crippen LogP contribution is -2.46. The van der Waals surface area contributed by atoms with Crippen LogP contribution in [-0.2, 0) is 11.3 Å². The van der Waals surface area contributed by atoms with Crippen molar-refractivity contribution in [2.45, 2.75) is 26.3 Å². The molecule has 0 aliphatic carbocycles. The van der Waals surface area contributed by atoms with E-state index in [1.165, 1.54) is 0 Å². The van der Waals surface area contributed by atoms with Crippen LogP contribution in [0.2, 0.25) is 0 Å². The Hall–Kier alpha value is -3.45. The summed E-state index contributed by atoms with van der Waals surface area (Å²) in [4.78, 5) is 34.1. The van der Waals surface area contributed by atoms with Gasteiger partial charge in [-0.3, -0.25) is 9.78 Å². The number of nitrogens with one attached hydrogen (secondary N) is 2. The number of piperidine rings is 1. The quantitative estimate of drug-likeness (QED) is 0.559. The SMILES string of the molecule is Cc1cc(NC(=O)NCCN2CCCC(C(=O)N(C)Cc3ccccc3)C2)c2ccccc2n1. The molecule has 1 fully saturated rings. The predicted octanol–water partition coefficient (Wildman–Crippen LogP) is 4.04. The van der Waals surface area contributed by atoms with Crippen LogP contribution in [0.5, 0.6) is 0 Å². The van der Waals surface area contributed by atoms with Gasteiger partial charge in [0.15, 0.2) is 0 Å². The zero-order valence-electron chi connectivity index (χ0n) is 20.0. The molecule has 7 nitrogen and oxygen atoms in total. The number of carbonyl (C=O) groups is 2. The highest BCUT2D eigenvalue weighted by Gasteiger charge is 2.27. The number of carbonyl (C=O) groups excluding carboxylic acids is 2. The fraction of sp³-hybridized carbons (Fsp3) is 0.370. The van der Waals surface area contributed by atoms with Gasteiger partial charge >= 0.3 is 6.03 Å². The second-order valence-electron chi connectivity index (χ2n) is 9.03. The van der Waals surface area contributed by atoms with Crippen molar-refractivity contribution >= 4 is 28.5 Å². The number of amides is 3. The first-order chi connectivity index (χ1) is 16.5. The van der Waals surface area contributed by atoms with Gasteiger partial charge in [-0.2, -0.15) is 0 Å². The maximum atomic E-state index is 13.0. The second kappa shape index (κ2) is 11.1. The van der Waals surface area contributed by atoms with E-state index in [0.717, 1.165) is 60.3 Å². The number of hydrogen-bond acceptors (Lipinski definition) is 4. The molecule has 1 atom stereocenters. The molecular formula is C27H33N5O2. The number of pyridine rings is 1. The highest BCUT2D eigenvalue weighted by molar-refractivity contribution is 6.00. The Morgan fingerprint density at radius 2 is 1.88 bits per heavy atom. The number of likely N-dealkylation sites (tertiary alicyclic amines) is 1. The average molecular weight is 460 g/mol. The molecule has 7 heteroatoms. The molecule has 1 saturated heterocycles. The zero-order chi connectivity index (χ0) is 23.9. The molecule has 2 N–H and O–H groups in total. The third-order valence-corrected chi connectivity index (χ3v) is 6.30. The first-order valence-electron chi connectivity index (χ1n) is 11.9. The number of rotatable bonds is 7. The number of hydrogen-bond donors (Lipinski definition) is 2. The summed E-state index contributed by atoms with van der Waals surface area (Å²) in [6.45, 7) is 5.46. The molecule has 1 aliphatic heterocycles. The fourth-order valence-corrected chi connectivity index (χ4v) is 4.61. The number of fused-ring (bicyclic) bond motifs is 1. The van der Waals surface area contributed by atoms with Gasteiger partial charge < -0.3 is 20.4 Å². The van der Waals surface area contributed by atoms with Crippen LogP contribution in [0.1, 0.15) is 24.1 Å². The molecule has 3 amide bonds. The first kappa shape index (κ1) is 23.7. The molecular weight excluding hydrogens is 426 g/mol. The number of anilines is 1. The average Bonchev–Trinajstić information content (AvgIpc) is 2.84. The number of benzene rings is 2. The number of nitrogens with zero attached hydrogens (tertiary/aromatic N) is 3. The lowest BCUT2D eigenvalue weighted by atomic mass is 9.96. The number of aromatic nitrogens is 1. The molecule has 34 heavy (non-hydrogen) atoms. The van der Waals surface area contributed by atoms with E-state index in [0.29, 0.717) is 13.1 Å². The minimum absolute atomic E-state index is 0.00227. The Morgan fingerprint density at radius 3 is 2.71 bits per heavy atom. The van der Waals surface area contributed by atoms with Crippen LogP contribution in [0.25, 0.3) is 10.9 Å². The summed E-state index contributed by atoms with van der Waals surface area (Å²) in [6.07, 6.45) is 1.90. The maximum Gasteiger partial charge on any atom is 0.319 e. The van der Waals surface area contributed by atoms with Gasteiger partial charge in [-0.05, 0) is 44.0 Å². The van der Waals surface area contributed by atoms with Crippen molar-refractivity contribution in [2.24, 2.45) is 5.92 Å². The highest BCUT2D eigenvalue weighted by atomic mass is 16.2. The highest BCUT2D eigenvalue weighted by Crippen LogP contribution is 2.23. The van der Waals surface area contributed by atoms with E-state index >= 15 is 0 Å². The van der Waals surface area contributed by atoms with Crippen LogP contribution in [0, 0.1) is 12.8 Å². The van der Waals surface area contributed by atoms with Gasteiger partial charge in [0.05, 0.1) is 17.1 Å². The molecule has 0 spiro atoms. The van der Waals surface area contributed by atoms with E-state index in [1.54, 1.807) is 0 Å². The minimum Gasteiger partial charge on any atom is -0.341 e. The number of urea groups is 1. The summed E-state index contributed by atoms with van der Waals surface area (Å²) in [7, 11) is 1.88. The van der Waals surface area contributed by atoms with Gasteiger partial charge in [-0.15, -0.1) is 0 Å². The third kappa shape index (κ3) is 6.11. The van der Waals surface area contributed by atoms with E-state index in [4.69, 9.17) is 0 Å². The summed E-state index contributed by atoms with van der Waals surface area (Å²) in [6, 6.07) is 19.5. The van der Waals surface area contributed by atoms with Gasteiger partial charge in [-0.25, -0.2) is 4.79 Å². The van der Waals surface area contributed by atoms with E-state index in [1.807, 2.05) is 79.5 Å². The first-order valence-corrected chi connectivity index (χ1v) is 11.9. The molecule has 3 aromatic rings. The molecule has 0 bridgehead atoms. The van der Waals surface area contributed by atoms with Gasteiger partial charge in [0.2, 0.25) is 5.91 Å². The number of aryl methyl sites for hydroxylation is 1. The Labute approximate surface area is 201 Å². The molecule has 2 aromatic carbocycles. The van der Waals surface area contributed by atoms with Crippen molar-refractivity contribution in [1.29, 1.82) is 0 Å². The van der Waals surface area contributed by atoms with Crippen molar-refractivity contribution in [3.05, 3.63) is 71.9 Å². The smallest absolute Gasteiger partial charge is 0.319 e. The molecule has 4 rings (SSSR count). The van der Waals surface area contributed by atoms with E-state index < -0.39 is 0 Å². The van der Waals surface area contributed by atoms with Crippen LogP contribution >= 0.6 is 0 Å². The van der Waals surface area contributed by atoms with Crippen molar-refractivity contribution in [3.8, 4) is 0 Å². The van der Waals surface area contributed by atoms with Crippen molar-refractivity contribution in [3.63, 3.8) is 0 Å². The molecule has 178 valence electrons. The monoisotopic (exact) mass is 459 g/mol. The zero-order valence-corrected chi connectivity index (χ0v) is 20.0. The minimum atomic E-state index is -0.233. The normalized spacial score (nSPS) is 16.2. The molecule has 1 aromatic heterocycles. The Kier molecular flexibility index (Phi) is 7.75. The maximum absolute atomic E-state index is 13.0. The standard InChI is InChI=1S/C27H33N5O2/c1-20-17-25(23-12-6-7-13-24(23)29-20)30-27(34)28-14-16-32-15-8-11-22(19-32)26(33)31(2)18-21-9-4-3-5-10-21/h3-7,9-10,12-13,17,22H,8,11,14-16,18-19H2,1-2H3,(H2,28,29,30,34). The topological polar surface area (TPSA) is 77.6 Å². The lowest BCUT2D eigenvalue weighted by molar-refractivity contribution is -0.136. The summed E-state index contributed by atoms with van der Waals surface area (Å²) in [5, 5.41) is 6.83. The molecule has 2 heterocycles. The van der Waals surface area contributed by atoms with Crippen LogP contribution in [-0.4, -0.2) is 59.9 Å². The Bertz CT molecular complexity index is 1130. The third-order valence-electron chi connectivity index (χ3n) is 6.30. The molecule has 0 radical (unpaired) electrons. The van der Waals surface area contributed by atoms with Crippen molar-refractivity contribution < 1.29 is 9.59 Å².